The minimum Gasteiger partial charge on any atom is -0.344 e. The van der Waals surface area contributed by atoms with E-state index in [4.69, 9.17) is 0 Å². The molecule has 0 fully saturated rings. The summed E-state index contributed by atoms with van der Waals surface area (Å²) in [7, 11) is 2.18. The molecule has 0 radical (unpaired) electrons. The monoisotopic (exact) mass is 433 g/mol. The van der Waals surface area contributed by atoms with Crippen molar-refractivity contribution >= 4 is 43.4 Å². The molecule has 0 aliphatic rings. The number of aryl methyl sites for hydroxylation is 1. The Morgan fingerprint density at radius 1 is 0.382 bits per heavy atom. The molecule has 0 aliphatic heterocycles. The largest absolute Gasteiger partial charge is 0.344 e. The van der Waals surface area contributed by atoms with Crippen LogP contribution in [0.3, 0.4) is 0 Å². The second-order valence-electron chi connectivity index (χ2n) is 9.02. The first kappa shape index (κ1) is 19.1. The van der Waals surface area contributed by atoms with Gasteiger partial charge in [0, 0.05) is 28.9 Å². The predicted octanol–water partition coefficient (Wildman–Crippen LogP) is 8.97. The molecule has 7 aromatic rings. The number of benzene rings is 6. The second-order valence-corrected chi connectivity index (χ2v) is 9.02. The Kier molecular flexibility index (Phi) is 4.13. The molecule has 7 rings (SSSR count). The average Bonchev–Trinajstić information content (AvgIpc) is 3.18. The van der Waals surface area contributed by atoms with Gasteiger partial charge in [0.05, 0.1) is 0 Å². The maximum Gasteiger partial charge on any atom is 0.0495 e. The van der Waals surface area contributed by atoms with E-state index in [1.165, 1.54) is 65.6 Å². The molecule has 160 valence electrons. The first-order valence-electron chi connectivity index (χ1n) is 11.8. The minimum atomic E-state index is 1.25. The molecule has 0 atom stereocenters. The molecule has 1 heterocycles. The summed E-state index contributed by atoms with van der Waals surface area (Å²) in [4.78, 5) is 0. The standard InChI is InChI=1S/C33H23N/c1-34-30-19-11-10-16-24(30)27-20-28-29(21-31(27)34)33(23-14-6-3-7-15-23)26-18-9-8-17-25(26)32(28)22-12-4-2-5-13-22/h2-21H,1H3. The molecule has 0 saturated heterocycles. The fourth-order valence-electron chi connectivity index (χ4n) is 5.66. The summed E-state index contributed by atoms with van der Waals surface area (Å²) < 4.78 is 2.33. The summed E-state index contributed by atoms with van der Waals surface area (Å²) in [5.41, 5.74) is 7.64. The molecule has 0 spiro atoms. The SMILES string of the molecule is Cn1c2ccccc2c2cc3c(-c4ccccc4)c4ccccc4c(-c4ccccc4)c3cc21. The summed E-state index contributed by atoms with van der Waals surface area (Å²) in [6.07, 6.45) is 0. The van der Waals surface area contributed by atoms with Crippen LogP contribution in [0.5, 0.6) is 0 Å². The fourth-order valence-corrected chi connectivity index (χ4v) is 5.66. The van der Waals surface area contributed by atoms with Crippen molar-refractivity contribution in [2.24, 2.45) is 7.05 Å². The summed E-state index contributed by atoms with van der Waals surface area (Å²) in [5.74, 6) is 0. The molecule has 0 bridgehead atoms. The van der Waals surface area contributed by atoms with Crippen molar-refractivity contribution < 1.29 is 0 Å². The van der Waals surface area contributed by atoms with Crippen LogP contribution in [0.2, 0.25) is 0 Å². The van der Waals surface area contributed by atoms with Crippen LogP contribution < -0.4 is 0 Å². The van der Waals surface area contributed by atoms with Crippen molar-refractivity contribution in [3.05, 3.63) is 121 Å². The van der Waals surface area contributed by atoms with Crippen molar-refractivity contribution in [3.63, 3.8) is 0 Å². The van der Waals surface area contributed by atoms with Crippen LogP contribution in [0, 0.1) is 0 Å². The van der Waals surface area contributed by atoms with E-state index in [0.29, 0.717) is 0 Å². The first-order valence-corrected chi connectivity index (χ1v) is 11.8. The van der Waals surface area contributed by atoms with Crippen molar-refractivity contribution in [1.29, 1.82) is 0 Å². The van der Waals surface area contributed by atoms with Crippen molar-refractivity contribution in [1.82, 2.24) is 4.57 Å². The van der Waals surface area contributed by atoms with Crippen LogP contribution in [0.15, 0.2) is 121 Å². The van der Waals surface area contributed by atoms with E-state index in [2.05, 4.69) is 133 Å². The molecular weight excluding hydrogens is 410 g/mol. The lowest BCUT2D eigenvalue weighted by atomic mass is 9.85. The number of hydrogen-bond acceptors (Lipinski definition) is 0. The molecule has 34 heavy (non-hydrogen) atoms. The topological polar surface area (TPSA) is 4.93 Å². The number of aromatic nitrogens is 1. The van der Waals surface area contributed by atoms with Gasteiger partial charge in [-0.25, -0.2) is 0 Å². The Labute approximate surface area is 198 Å². The normalized spacial score (nSPS) is 11.7. The van der Waals surface area contributed by atoms with Gasteiger partial charge in [0.1, 0.15) is 0 Å². The van der Waals surface area contributed by atoms with Gasteiger partial charge in [-0.05, 0) is 62.0 Å². The van der Waals surface area contributed by atoms with Gasteiger partial charge in [0.15, 0.2) is 0 Å². The van der Waals surface area contributed by atoms with Gasteiger partial charge in [-0.3, -0.25) is 0 Å². The molecule has 0 unspecified atom stereocenters. The molecule has 0 aliphatic carbocycles. The number of nitrogens with zero attached hydrogens (tertiary/aromatic N) is 1. The Bertz CT molecular complexity index is 1840. The third-order valence-electron chi connectivity index (χ3n) is 7.18. The zero-order valence-corrected chi connectivity index (χ0v) is 19.0. The van der Waals surface area contributed by atoms with E-state index >= 15 is 0 Å². The van der Waals surface area contributed by atoms with Crippen LogP contribution in [-0.4, -0.2) is 4.57 Å². The highest BCUT2D eigenvalue weighted by Gasteiger charge is 2.19. The Morgan fingerprint density at radius 3 is 1.44 bits per heavy atom. The Morgan fingerprint density at radius 2 is 0.853 bits per heavy atom. The zero-order chi connectivity index (χ0) is 22.6. The average molecular weight is 434 g/mol. The van der Waals surface area contributed by atoms with Crippen molar-refractivity contribution in [2.75, 3.05) is 0 Å². The van der Waals surface area contributed by atoms with Crippen molar-refractivity contribution in [2.45, 2.75) is 0 Å². The number of para-hydroxylation sites is 1. The van der Waals surface area contributed by atoms with E-state index in [1.54, 1.807) is 0 Å². The highest BCUT2D eigenvalue weighted by atomic mass is 14.9. The molecule has 6 aromatic carbocycles. The van der Waals surface area contributed by atoms with E-state index in [9.17, 15) is 0 Å². The molecule has 0 amide bonds. The molecule has 1 aromatic heterocycles. The molecule has 1 nitrogen and oxygen atoms in total. The molecule has 0 N–H and O–H groups in total. The van der Waals surface area contributed by atoms with Gasteiger partial charge in [-0.15, -0.1) is 0 Å². The van der Waals surface area contributed by atoms with Crippen LogP contribution in [0.25, 0.3) is 65.6 Å². The second kappa shape index (κ2) is 7.33. The number of rotatable bonds is 2. The third kappa shape index (κ3) is 2.67. The lowest BCUT2D eigenvalue weighted by Gasteiger charge is -2.18. The van der Waals surface area contributed by atoms with Gasteiger partial charge in [-0.1, -0.05) is 103 Å². The minimum absolute atomic E-state index is 1.25. The predicted molar refractivity (Wildman–Crippen MR) is 146 cm³/mol. The maximum absolute atomic E-state index is 2.42. The number of hydrogen-bond donors (Lipinski definition) is 0. The first-order chi connectivity index (χ1) is 16.8. The van der Waals surface area contributed by atoms with Crippen LogP contribution in [-0.2, 0) is 7.05 Å². The van der Waals surface area contributed by atoms with Gasteiger partial charge in [0.25, 0.3) is 0 Å². The summed E-state index contributed by atoms with van der Waals surface area (Å²) in [6, 6.07) is 44.1. The van der Waals surface area contributed by atoms with E-state index in [-0.39, 0.29) is 0 Å². The summed E-state index contributed by atoms with van der Waals surface area (Å²) >= 11 is 0. The Balaban J connectivity index is 1.78. The quantitative estimate of drug-likeness (QED) is 0.240. The lowest BCUT2D eigenvalue weighted by molar-refractivity contribution is 1.02. The Hall–Kier alpha value is -4.36. The molecule has 1 heteroatoms. The van der Waals surface area contributed by atoms with E-state index in [1.807, 2.05) is 0 Å². The van der Waals surface area contributed by atoms with Crippen LogP contribution in [0.4, 0.5) is 0 Å². The fraction of sp³-hybridized carbons (Fsp3) is 0.0303. The molecular formula is C33H23N. The molecule has 0 saturated carbocycles. The smallest absolute Gasteiger partial charge is 0.0495 e. The summed E-state index contributed by atoms with van der Waals surface area (Å²) in [5, 5.41) is 7.78. The van der Waals surface area contributed by atoms with E-state index in [0.717, 1.165) is 0 Å². The maximum atomic E-state index is 2.42. The van der Waals surface area contributed by atoms with Gasteiger partial charge >= 0.3 is 0 Å². The highest BCUT2D eigenvalue weighted by Crippen LogP contribution is 2.45. The third-order valence-corrected chi connectivity index (χ3v) is 7.18. The van der Waals surface area contributed by atoms with Crippen molar-refractivity contribution in [3.8, 4) is 22.3 Å². The lowest BCUT2D eigenvalue weighted by Crippen LogP contribution is -1.92. The zero-order valence-electron chi connectivity index (χ0n) is 19.0. The van der Waals surface area contributed by atoms with Gasteiger partial charge < -0.3 is 4.57 Å². The summed E-state index contributed by atoms with van der Waals surface area (Å²) in [6.45, 7) is 0. The van der Waals surface area contributed by atoms with Gasteiger partial charge in [-0.2, -0.15) is 0 Å². The number of fused-ring (bicyclic) bond motifs is 5. The van der Waals surface area contributed by atoms with Crippen LogP contribution in [0.1, 0.15) is 0 Å². The van der Waals surface area contributed by atoms with Crippen LogP contribution >= 0.6 is 0 Å². The van der Waals surface area contributed by atoms with E-state index < -0.39 is 0 Å². The van der Waals surface area contributed by atoms with Gasteiger partial charge in [0.2, 0.25) is 0 Å². The highest BCUT2D eigenvalue weighted by molar-refractivity contribution is 6.25.